The molecule has 4 aliphatic rings. The number of nitrogens with one attached hydrogen (secondary N) is 1. The topological polar surface area (TPSA) is 35.6 Å². The molecule has 3 heterocycles. The van der Waals surface area contributed by atoms with Gasteiger partial charge in [-0.3, -0.25) is 14.6 Å². The van der Waals surface area contributed by atoms with Crippen LogP contribution in [-0.2, 0) is 11.3 Å². The second kappa shape index (κ2) is 10.7. The molecule has 0 aromatic heterocycles. The van der Waals surface area contributed by atoms with Crippen LogP contribution in [0.2, 0.25) is 0 Å². The van der Waals surface area contributed by atoms with Gasteiger partial charge in [0.2, 0.25) is 5.91 Å². The first-order valence-corrected chi connectivity index (χ1v) is 13.6. The Kier molecular flexibility index (Phi) is 7.49. The highest BCUT2D eigenvalue weighted by Gasteiger charge is 2.48. The number of carbonyl (C=O) groups is 1. The van der Waals surface area contributed by atoms with Gasteiger partial charge in [0.15, 0.2) is 0 Å². The zero-order chi connectivity index (χ0) is 21.8. The highest BCUT2D eigenvalue weighted by Crippen LogP contribution is 2.43. The molecule has 1 saturated carbocycles. The molecule has 0 bridgehead atoms. The minimum absolute atomic E-state index is 0.295. The Balaban J connectivity index is 1.23. The van der Waals surface area contributed by atoms with E-state index in [1.165, 1.54) is 89.4 Å². The van der Waals surface area contributed by atoms with Crippen LogP contribution >= 0.6 is 0 Å². The molecule has 3 saturated heterocycles. The van der Waals surface area contributed by atoms with E-state index in [0.29, 0.717) is 24.4 Å². The van der Waals surface area contributed by atoms with Gasteiger partial charge >= 0.3 is 0 Å². The van der Waals surface area contributed by atoms with E-state index in [2.05, 4.69) is 45.4 Å². The summed E-state index contributed by atoms with van der Waals surface area (Å²) in [5, 5.41) is 3.34. The van der Waals surface area contributed by atoms with Crippen molar-refractivity contribution in [3.8, 4) is 0 Å². The van der Waals surface area contributed by atoms with E-state index in [0.717, 1.165) is 30.8 Å². The molecule has 5 rings (SSSR count). The third kappa shape index (κ3) is 5.22. The fraction of sp³-hybridized carbons (Fsp3) is 0.750. The van der Waals surface area contributed by atoms with E-state index in [9.17, 15) is 4.79 Å². The van der Waals surface area contributed by atoms with Gasteiger partial charge in [-0.2, -0.15) is 0 Å². The smallest absolute Gasteiger partial charge is 0.220 e. The quantitative estimate of drug-likeness (QED) is 0.653. The molecule has 0 unspecified atom stereocenters. The van der Waals surface area contributed by atoms with E-state index in [4.69, 9.17) is 0 Å². The van der Waals surface area contributed by atoms with Crippen molar-refractivity contribution in [3.63, 3.8) is 0 Å². The number of benzene rings is 1. The van der Waals surface area contributed by atoms with Crippen LogP contribution in [0.25, 0.3) is 0 Å². The number of likely N-dealkylation sites (tertiary alicyclic amines) is 1. The number of carbonyl (C=O) groups excluding carboxylic acids is 1. The number of rotatable bonds is 7. The minimum atomic E-state index is 0.295. The fourth-order valence-electron chi connectivity index (χ4n) is 7.50. The maximum absolute atomic E-state index is 12.6. The summed E-state index contributed by atoms with van der Waals surface area (Å²) >= 11 is 0. The molecule has 1 aromatic carbocycles. The Hall–Kier alpha value is -1.39. The summed E-state index contributed by atoms with van der Waals surface area (Å²) in [7, 11) is 0. The third-order valence-corrected chi connectivity index (χ3v) is 8.88. The van der Waals surface area contributed by atoms with Crippen LogP contribution in [0, 0.1) is 11.8 Å². The molecule has 4 heteroatoms. The van der Waals surface area contributed by atoms with Crippen molar-refractivity contribution in [2.24, 2.45) is 11.8 Å². The molecule has 1 amide bonds. The SMILES string of the molecule is O=C(CCC[C@@H]1[C@H]2CCCN3CCC[C@@H](CN1Cc1ccccc1)[C@@H]23)NC1CCCCC1. The average Bonchev–Trinajstić information content (AvgIpc) is 2.82. The van der Waals surface area contributed by atoms with Gasteiger partial charge < -0.3 is 5.32 Å². The molecule has 4 fully saturated rings. The van der Waals surface area contributed by atoms with Gasteiger partial charge in [0.25, 0.3) is 0 Å². The van der Waals surface area contributed by atoms with Gasteiger partial charge in [0, 0.05) is 37.6 Å². The highest BCUT2D eigenvalue weighted by molar-refractivity contribution is 5.76. The Morgan fingerprint density at radius 1 is 0.938 bits per heavy atom. The first kappa shape index (κ1) is 22.4. The summed E-state index contributed by atoms with van der Waals surface area (Å²) in [4.78, 5) is 18.3. The normalized spacial score (nSPS) is 31.8. The lowest BCUT2D eigenvalue weighted by atomic mass is 9.69. The zero-order valence-corrected chi connectivity index (χ0v) is 19.9. The molecule has 4 nitrogen and oxygen atoms in total. The van der Waals surface area contributed by atoms with Crippen molar-refractivity contribution in [1.29, 1.82) is 0 Å². The average molecular weight is 438 g/mol. The van der Waals surface area contributed by atoms with Crippen LogP contribution in [-0.4, -0.2) is 53.5 Å². The van der Waals surface area contributed by atoms with Crippen LogP contribution in [0.15, 0.2) is 30.3 Å². The van der Waals surface area contributed by atoms with E-state index in [1.807, 2.05) is 0 Å². The number of amides is 1. The Bertz CT molecular complexity index is 729. The summed E-state index contributed by atoms with van der Waals surface area (Å²) in [6.07, 6.45) is 14.7. The summed E-state index contributed by atoms with van der Waals surface area (Å²) in [6, 6.07) is 12.9. The Morgan fingerprint density at radius 3 is 2.53 bits per heavy atom. The predicted octanol–water partition coefficient (Wildman–Crippen LogP) is 4.98. The minimum Gasteiger partial charge on any atom is -0.353 e. The van der Waals surface area contributed by atoms with E-state index in [-0.39, 0.29) is 0 Å². The summed E-state index contributed by atoms with van der Waals surface area (Å²) in [5.74, 6) is 1.92. The van der Waals surface area contributed by atoms with Gasteiger partial charge in [-0.05, 0) is 81.9 Å². The van der Waals surface area contributed by atoms with Crippen LogP contribution < -0.4 is 5.32 Å². The Morgan fingerprint density at radius 2 is 1.72 bits per heavy atom. The van der Waals surface area contributed by atoms with Gasteiger partial charge in [0.05, 0.1) is 0 Å². The molecular weight excluding hydrogens is 394 g/mol. The van der Waals surface area contributed by atoms with Gasteiger partial charge in [-0.15, -0.1) is 0 Å². The molecule has 3 aliphatic heterocycles. The molecule has 1 aromatic rings. The first-order chi connectivity index (χ1) is 15.8. The highest BCUT2D eigenvalue weighted by atomic mass is 16.1. The molecule has 1 aliphatic carbocycles. The summed E-state index contributed by atoms with van der Waals surface area (Å²) in [5.41, 5.74) is 1.44. The van der Waals surface area contributed by atoms with Gasteiger partial charge in [0.1, 0.15) is 0 Å². The summed E-state index contributed by atoms with van der Waals surface area (Å²) in [6.45, 7) is 4.94. The van der Waals surface area contributed by atoms with Crippen LogP contribution in [0.5, 0.6) is 0 Å². The molecule has 0 radical (unpaired) electrons. The number of hydrogen-bond donors (Lipinski definition) is 1. The van der Waals surface area contributed by atoms with E-state index in [1.54, 1.807) is 0 Å². The van der Waals surface area contributed by atoms with Crippen LogP contribution in [0.4, 0.5) is 0 Å². The lowest BCUT2D eigenvalue weighted by Gasteiger charge is -2.57. The van der Waals surface area contributed by atoms with E-state index < -0.39 is 0 Å². The number of piperidine rings is 3. The van der Waals surface area contributed by atoms with Crippen molar-refractivity contribution < 1.29 is 4.79 Å². The van der Waals surface area contributed by atoms with E-state index >= 15 is 0 Å². The second-order valence-electron chi connectivity index (χ2n) is 11.0. The maximum atomic E-state index is 12.6. The van der Waals surface area contributed by atoms with Crippen molar-refractivity contribution in [1.82, 2.24) is 15.1 Å². The standard InChI is InChI=1S/C28H43N3O/c32-27(29-24-13-5-2-6-14-24)17-7-16-26-25-15-9-19-30-18-8-12-23(28(25)30)21-31(26)20-22-10-3-1-4-11-22/h1,3-4,10-11,23-26,28H,2,5-9,12-21H2,(H,29,32)/t23-,25+,26+,28-/m0/s1. The second-order valence-corrected chi connectivity index (χ2v) is 11.0. The lowest BCUT2D eigenvalue weighted by molar-refractivity contribution is -0.122. The molecule has 4 atom stereocenters. The largest absolute Gasteiger partial charge is 0.353 e. The van der Waals surface area contributed by atoms with Crippen molar-refractivity contribution in [2.45, 2.75) is 102 Å². The fourth-order valence-corrected chi connectivity index (χ4v) is 7.50. The molecule has 0 spiro atoms. The summed E-state index contributed by atoms with van der Waals surface area (Å²) < 4.78 is 0. The molecule has 176 valence electrons. The predicted molar refractivity (Wildman–Crippen MR) is 130 cm³/mol. The van der Waals surface area contributed by atoms with Gasteiger partial charge in [-0.25, -0.2) is 0 Å². The molecular formula is C28H43N3O. The number of hydrogen-bond acceptors (Lipinski definition) is 3. The van der Waals surface area contributed by atoms with Crippen molar-refractivity contribution in [2.75, 3.05) is 19.6 Å². The van der Waals surface area contributed by atoms with Crippen molar-refractivity contribution in [3.05, 3.63) is 35.9 Å². The first-order valence-electron chi connectivity index (χ1n) is 13.6. The van der Waals surface area contributed by atoms with Crippen LogP contribution in [0.1, 0.15) is 82.6 Å². The Labute approximate surface area is 195 Å². The van der Waals surface area contributed by atoms with Crippen molar-refractivity contribution >= 4 is 5.91 Å². The number of nitrogens with zero attached hydrogens (tertiary/aromatic N) is 2. The maximum Gasteiger partial charge on any atom is 0.220 e. The molecule has 1 N–H and O–H groups in total. The molecule has 32 heavy (non-hydrogen) atoms. The third-order valence-electron chi connectivity index (χ3n) is 8.88. The van der Waals surface area contributed by atoms with Gasteiger partial charge in [-0.1, -0.05) is 49.6 Å². The zero-order valence-electron chi connectivity index (χ0n) is 19.9. The lowest BCUT2D eigenvalue weighted by Crippen LogP contribution is -2.64. The monoisotopic (exact) mass is 437 g/mol. The van der Waals surface area contributed by atoms with Crippen LogP contribution in [0.3, 0.4) is 0 Å².